The molecule has 5 heteroatoms. The molecule has 136 valence electrons. The first kappa shape index (κ1) is 18.1. The Balaban J connectivity index is 1.52. The molecule has 0 bridgehead atoms. The summed E-state index contributed by atoms with van der Waals surface area (Å²) >= 11 is 0. The van der Waals surface area contributed by atoms with Gasteiger partial charge in [-0.25, -0.2) is 0 Å². The van der Waals surface area contributed by atoms with Crippen LogP contribution in [0, 0.1) is 0 Å². The number of likely N-dealkylation sites (tertiary alicyclic amines) is 1. The van der Waals surface area contributed by atoms with Crippen LogP contribution in [0.4, 0.5) is 0 Å². The van der Waals surface area contributed by atoms with E-state index >= 15 is 0 Å². The molecule has 26 heavy (non-hydrogen) atoms. The summed E-state index contributed by atoms with van der Waals surface area (Å²) in [4.78, 5) is 26.5. The molecule has 3 rings (SSSR count). The summed E-state index contributed by atoms with van der Waals surface area (Å²) in [6.45, 7) is 1.55. The van der Waals surface area contributed by atoms with Crippen molar-refractivity contribution in [3.63, 3.8) is 0 Å². The molecule has 0 atom stereocenters. The van der Waals surface area contributed by atoms with Crippen molar-refractivity contribution >= 4 is 11.7 Å². The molecule has 1 fully saturated rings. The van der Waals surface area contributed by atoms with Gasteiger partial charge in [-0.15, -0.1) is 0 Å². The maximum Gasteiger partial charge on any atom is 0.260 e. The second kappa shape index (κ2) is 8.63. The van der Waals surface area contributed by atoms with E-state index in [0.717, 1.165) is 25.9 Å². The lowest BCUT2D eigenvalue weighted by molar-refractivity contribution is -0.134. The van der Waals surface area contributed by atoms with Crippen LogP contribution in [0.25, 0.3) is 0 Å². The molecule has 0 aliphatic carbocycles. The van der Waals surface area contributed by atoms with Crippen molar-refractivity contribution in [1.82, 2.24) is 10.2 Å². The van der Waals surface area contributed by atoms with Crippen LogP contribution in [0.1, 0.15) is 28.8 Å². The van der Waals surface area contributed by atoms with Crippen molar-refractivity contribution in [2.45, 2.75) is 18.9 Å². The van der Waals surface area contributed by atoms with Crippen LogP contribution < -0.4 is 10.1 Å². The molecule has 1 saturated heterocycles. The molecule has 2 aromatic carbocycles. The van der Waals surface area contributed by atoms with E-state index in [2.05, 4.69) is 5.32 Å². The zero-order chi connectivity index (χ0) is 18.4. The van der Waals surface area contributed by atoms with Gasteiger partial charge < -0.3 is 15.0 Å². The molecule has 1 amide bonds. The molecule has 2 aromatic rings. The van der Waals surface area contributed by atoms with Gasteiger partial charge >= 0.3 is 0 Å². The van der Waals surface area contributed by atoms with Crippen molar-refractivity contribution in [3.05, 3.63) is 65.7 Å². The average molecular weight is 352 g/mol. The number of nitrogens with zero attached hydrogens (tertiary/aromatic N) is 1. The van der Waals surface area contributed by atoms with E-state index in [0.29, 0.717) is 22.9 Å². The molecule has 1 heterocycles. The number of nitrogens with one attached hydrogen (secondary N) is 1. The fourth-order valence-corrected chi connectivity index (χ4v) is 3.11. The summed E-state index contributed by atoms with van der Waals surface area (Å²) in [5.74, 6) is 0.567. The normalized spacial score (nSPS) is 14.9. The molecule has 1 N–H and O–H groups in total. The molecular formula is C21H24N2O3. The first-order valence-electron chi connectivity index (χ1n) is 8.95. The highest BCUT2D eigenvalue weighted by Crippen LogP contribution is 2.16. The maximum atomic E-state index is 12.4. The van der Waals surface area contributed by atoms with Gasteiger partial charge in [0.1, 0.15) is 5.75 Å². The van der Waals surface area contributed by atoms with E-state index in [-0.39, 0.29) is 18.3 Å². The second-order valence-electron chi connectivity index (χ2n) is 6.45. The number of carbonyl (C=O) groups is 2. The minimum Gasteiger partial charge on any atom is -0.484 e. The molecule has 1 aliphatic rings. The number of ketones is 1. The molecule has 0 unspecified atom stereocenters. The highest BCUT2D eigenvalue weighted by atomic mass is 16.5. The number of hydrogen-bond donors (Lipinski definition) is 1. The number of amides is 1. The van der Waals surface area contributed by atoms with Gasteiger partial charge in [0.25, 0.3) is 5.91 Å². The van der Waals surface area contributed by atoms with E-state index in [1.807, 2.05) is 30.1 Å². The number of piperidine rings is 1. The predicted molar refractivity (Wildman–Crippen MR) is 100 cm³/mol. The predicted octanol–water partition coefficient (Wildman–Crippen LogP) is 2.51. The summed E-state index contributed by atoms with van der Waals surface area (Å²) in [7, 11) is 1.96. The number of carbonyl (C=O) groups excluding carboxylic acids is 2. The Morgan fingerprint density at radius 2 is 1.62 bits per heavy atom. The van der Waals surface area contributed by atoms with Gasteiger partial charge in [-0.05, 0) is 44.2 Å². The minimum atomic E-state index is -0.0272. The van der Waals surface area contributed by atoms with Crippen molar-refractivity contribution in [2.24, 2.45) is 0 Å². The van der Waals surface area contributed by atoms with Crippen molar-refractivity contribution < 1.29 is 14.3 Å². The van der Waals surface area contributed by atoms with E-state index in [4.69, 9.17) is 4.74 Å². The number of benzene rings is 2. The van der Waals surface area contributed by atoms with Gasteiger partial charge in [-0.3, -0.25) is 9.59 Å². The van der Waals surface area contributed by atoms with Gasteiger partial charge in [-0.2, -0.15) is 0 Å². The summed E-state index contributed by atoms with van der Waals surface area (Å²) in [5, 5.41) is 3.25. The molecule has 5 nitrogen and oxygen atoms in total. The molecule has 0 saturated carbocycles. The Bertz CT molecular complexity index is 736. The molecule has 0 radical (unpaired) electrons. The second-order valence-corrected chi connectivity index (χ2v) is 6.45. The van der Waals surface area contributed by atoms with Gasteiger partial charge in [0.15, 0.2) is 12.4 Å². The smallest absolute Gasteiger partial charge is 0.260 e. The van der Waals surface area contributed by atoms with Crippen LogP contribution in [0.5, 0.6) is 5.75 Å². The fraction of sp³-hybridized carbons (Fsp3) is 0.333. The fourth-order valence-electron chi connectivity index (χ4n) is 3.11. The van der Waals surface area contributed by atoms with Crippen LogP contribution in [0.15, 0.2) is 54.6 Å². The number of ether oxygens (including phenoxy) is 1. The molecular weight excluding hydrogens is 328 g/mol. The monoisotopic (exact) mass is 352 g/mol. The summed E-state index contributed by atoms with van der Waals surface area (Å²) in [6, 6.07) is 16.6. The Hall–Kier alpha value is -2.66. The van der Waals surface area contributed by atoms with Crippen molar-refractivity contribution in [3.8, 4) is 5.75 Å². The van der Waals surface area contributed by atoms with Crippen molar-refractivity contribution in [2.75, 3.05) is 26.7 Å². The third-order valence-electron chi connectivity index (χ3n) is 4.77. The molecule has 0 aromatic heterocycles. The third-order valence-corrected chi connectivity index (χ3v) is 4.77. The zero-order valence-corrected chi connectivity index (χ0v) is 15.0. The number of rotatable bonds is 6. The standard InChI is InChI=1S/C21H24N2O3/c1-22-18-11-13-23(14-12-18)20(24)15-26-19-9-7-17(8-10-19)21(25)16-5-3-2-4-6-16/h2-10,18,22H,11-15H2,1H3. The quantitative estimate of drug-likeness (QED) is 0.812. The highest BCUT2D eigenvalue weighted by molar-refractivity contribution is 6.08. The lowest BCUT2D eigenvalue weighted by atomic mass is 10.0. The van der Waals surface area contributed by atoms with Gasteiger partial charge in [-0.1, -0.05) is 30.3 Å². The molecule has 1 aliphatic heterocycles. The molecule has 0 spiro atoms. The van der Waals surface area contributed by atoms with Gasteiger partial charge in [0, 0.05) is 30.3 Å². The minimum absolute atomic E-state index is 0.00370. The van der Waals surface area contributed by atoms with Crippen LogP contribution in [0.3, 0.4) is 0 Å². The van der Waals surface area contributed by atoms with E-state index < -0.39 is 0 Å². The lowest BCUT2D eigenvalue weighted by Gasteiger charge is -2.31. The first-order chi connectivity index (χ1) is 12.7. The number of hydrogen-bond acceptors (Lipinski definition) is 4. The Morgan fingerprint density at radius 3 is 2.23 bits per heavy atom. The summed E-state index contributed by atoms with van der Waals surface area (Å²) < 4.78 is 5.60. The Morgan fingerprint density at radius 1 is 1.00 bits per heavy atom. The largest absolute Gasteiger partial charge is 0.484 e. The van der Waals surface area contributed by atoms with Crippen LogP contribution in [0.2, 0.25) is 0 Å². The zero-order valence-electron chi connectivity index (χ0n) is 15.0. The third kappa shape index (κ3) is 4.49. The van der Waals surface area contributed by atoms with Crippen LogP contribution in [-0.4, -0.2) is 49.4 Å². The SMILES string of the molecule is CNC1CCN(C(=O)COc2ccc(C(=O)c3ccccc3)cc2)CC1. The summed E-state index contributed by atoms with van der Waals surface area (Å²) in [5.41, 5.74) is 1.25. The summed E-state index contributed by atoms with van der Waals surface area (Å²) in [6.07, 6.45) is 1.94. The topological polar surface area (TPSA) is 58.6 Å². The Kier molecular flexibility index (Phi) is 6.02. The lowest BCUT2D eigenvalue weighted by Crippen LogP contribution is -2.45. The van der Waals surface area contributed by atoms with E-state index in [1.165, 1.54) is 0 Å². The van der Waals surface area contributed by atoms with E-state index in [1.54, 1.807) is 36.4 Å². The first-order valence-corrected chi connectivity index (χ1v) is 8.95. The highest BCUT2D eigenvalue weighted by Gasteiger charge is 2.21. The van der Waals surface area contributed by atoms with Crippen LogP contribution >= 0.6 is 0 Å². The maximum absolute atomic E-state index is 12.4. The van der Waals surface area contributed by atoms with Crippen LogP contribution in [-0.2, 0) is 4.79 Å². The average Bonchev–Trinajstić information content (AvgIpc) is 2.72. The van der Waals surface area contributed by atoms with Gasteiger partial charge in [0.2, 0.25) is 0 Å². The van der Waals surface area contributed by atoms with Crippen molar-refractivity contribution in [1.29, 1.82) is 0 Å². The van der Waals surface area contributed by atoms with Gasteiger partial charge in [0.05, 0.1) is 0 Å². The van der Waals surface area contributed by atoms with E-state index in [9.17, 15) is 9.59 Å². The Labute approximate surface area is 154 Å².